The fourth-order valence-electron chi connectivity index (χ4n) is 1.79. The first-order chi connectivity index (χ1) is 9.19. The Hall–Kier alpha value is -2.30. The molecule has 2 N–H and O–H groups in total. The van der Waals surface area contributed by atoms with Gasteiger partial charge < -0.3 is 15.4 Å². The van der Waals surface area contributed by atoms with Crippen LogP contribution >= 0.6 is 0 Å². The topological polar surface area (TPSA) is 64.3 Å². The van der Waals surface area contributed by atoms with Crippen molar-refractivity contribution in [3.8, 4) is 5.88 Å². The Morgan fingerprint density at radius 3 is 2.89 bits per heavy atom. The third kappa shape index (κ3) is 3.58. The first kappa shape index (κ1) is 13.1. The molecule has 1 heterocycles. The molecule has 2 rings (SSSR count). The number of nitrogens with zero attached hydrogens (tertiary/aromatic N) is 3. The van der Waals surface area contributed by atoms with Gasteiger partial charge in [-0.2, -0.15) is 4.98 Å². The second-order valence-corrected chi connectivity index (χ2v) is 4.25. The fourth-order valence-corrected chi connectivity index (χ4v) is 1.79. The lowest BCUT2D eigenvalue weighted by molar-refractivity contribution is 0.325. The van der Waals surface area contributed by atoms with Gasteiger partial charge in [0.2, 0.25) is 5.88 Å². The largest absolute Gasteiger partial charge is 0.477 e. The fraction of sp³-hybridized carbons (Fsp3) is 0.286. The summed E-state index contributed by atoms with van der Waals surface area (Å²) in [5, 5.41) is 0. The third-order valence-corrected chi connectivity index (χ3v) is 2.65. The van der Waals surface area contributed by atoms with Gasteiger partial charge in [0, 0.05) is 19.3 Å². The van der Waals surface area contributed by atoms with Gasteiger partial charge in [-0.1, -0.05) is 12.1 Å². The highest BCUT2D eigenvalue weighted by Gasteiger charge is 2.06. The lowest BCUT2D eigenvalue weighted by Crippen LogP contribution is -2.18. The normalized spacial score (nSPS) is 10.2. The van der Waals surface area contributed by atoms with Gasteiger partial charge in [-0.05, 0) is 24.6 Å². The van der Waals surface area contributed by atoms with Crippen molar-refractivity contribution in [1.29, 1.82) is 0 Å². The predicted molar refractivity (Wildman–Crippen MR) is 76.2 cm³/mol. The molecule has 0 aliphatic carbocycles. The number of hydrogen-bond acceptors (Lipinski definition) is 5. The van der Waals surface area contributed by atoms with E-state index in [0.717, 1.165) is 23.6 Å². The van der Waals surface area contributed by atoms with E-state index in [2.05, 4.69) is 9.97 Å². The molecule has 0 fully saturated rings. The van der Waals surface area contributed by atoms with E-state index in [1.54, 1.807) is 12.4 Å². The molecule has 0 saturated carbocycles. The van der Waals surface area contributed by atoms with Crippen LogP contribution in [0.3, 0.4) is 0 Å². The average molecular weight is 258 g/mol. The molecule has 19 heavy (non-hydrogen) atoms. The van der Waals surface area contributed by atoms with Crippen molar-refractivity contribution in [3.05, 3.63) is 42.2 Å². The standard InChI is InChI=1S/C14H18N4O/c1-3-19-14-9-16-8-13(17-14)18(2)10-11-5-4-6-12(15)7-11/h4-9H,3,10,15H2,1-2H3. The van der Waals surface area contributed by atoms with E-state index in [1.165, 1.54) is 0 Å². The number of nitrogen functional groups attached to an aromatic ring is 1. The molecule has 0 bridgehead atoms. The molecule has 100 valence electrons. The van der Waals surface area contributed by atoms with Crippen molar-refractivity contribution in [2.45, 2.75) is 13.5 Å². The zero-order valence-electron chi connectivity index (χ0n) is 11.2. The number of hydrogen-bond donors (Lipinski definition) is 1. The van der Waals surface area contributed by atoms with Crippen molar-refractivity contribution < 1.29 is 4.74 Å². The molecule has 0 spiro atoms. The van der Waals surface area contributed by atoms with Crippen molar-refractivity contribution in [2.24, 2.45) is 0 Å². The highest BCUT2D eigenvalue weighted by atomic mass is 16.5. The maximum Gasteiger partial charge on any atom is 0.234 e. The summed E-state index contributed by atoms with van der Waals surface area (Å²) in [5.74, 6) is 1.31. The highest BCUT2D eigenvalue weighted by molar-refractivity contribution is 5.43. The molecule has 0 aliphatic heterocycles. The number of nitrogens with two attached hydrogens (primary N) is 1. The van der Waals surface area contributed by atoms with Crippen molar-refractivity contribution in [3.63, 3.8) is 0 Å². The van der Waals surface area contributed by atoms with Crippen LogP contribution in [0, 0.1) is 0 Å². The predicted octanol–water partition coefficient (Wildman–Crippen LogP) is 2.09. The summed E-state index contributed by atoms with van der Waals surface area (Å²) in [5.41, 5.74) is 7.66. The number of rotatable bonds is 5. The summed E-state index contributed by atoms with van der Waals surface area (Å²) < 4.78 is 5.35. The number of anilines is 2. The Kier molecular flexibility index (Phi) is 4.18. The molecule has 0 radical (unpaired) electrons. The van der Waals surface area contributed by atoms with Gasteiger partial charge >= 0.3 is 0 Å². The Morgan fingerprint density at radius 2 is 2.16 bits per heavy atom. The van der Waals surface area contributed by atoms with Crippen LogP contribution in [0.25, 0.3) is 0 Å². The average Bonchev–Trinajstić information content (AvgIpc) is 2.39. The highest BCUT2D eigenvalue weighted by Crippen LogP contribution is 2.16. The Labute approximate surface area is 113 Å². The monoisotopic (exact) mass is 258 g/mol. The molecule has 1 aromatic heterocycles. The molecule has 2 aromatic rings. The number of aromatic nitrogens is 2. The minimum atomic E-state index is 0.541. The minimum Gasteiger partial charge on any atom is -0.477 e. The van der Waals surface area contributed by atoms with Gasteiger partial charge in [-0.3, -0.25) is 4.98 Å². The van der Waals surface area contributed by atoms with E-state index in [0.29, 0.717) is 12.5 Å². The van der Waals surface area contributed by atoms with E-state index in [4.69, 9.17) is 10.5 Å². The first-order valence-electron chi connectivity index (χ1n) is 6.19. The Balaban J connectivity index is 2.11. The molecule has 0 aliphatic rings. The van der Waals surface area contributed by atoms with Crippen LogP contribution in [0.2, 0.25) is 0 Å². The Bertz CT molecular complexity index is 544. The molecular weight excluding hydrogens is 240 g/mol. The van der Waals surface area contributed by atoms with Crippen LogP contribution in [0.5, 0.6) is 5.88 Å². The van der Waals surface area contributed by atoms with Gasteiger partial charge in [0.25, 0.3) is 0 Å². The number of benzene rings is 1. The summed E-state index contributed by atoms with van der Waals surface area (Å²) in [7, 11) is 1.96. The Morgan fingerprint density at radius 1 is 1.32 bits per heavy atom. The molecule has 0 atom stereocenters. The second kappa shape index (κ2) is 6.04. The van der Waals surface area contributed by atoms with Gasteiger partial charge in [-0.15, -0.1) is 0 Å². The molecular formula is C14H18N4O. The van der Waals surface area contributed by atoms with Gasteiger partial charge in [0.05, 0.1) is 19.0 Å². The minimum absolute atomic E-state index is 0.541. The van der Waals surface area contributed by atoms with Gasteiger partial charge in [-0.25, -0.2) is 0 Å². The lowest BCUT2D eigenvalue weighted by Gasteiger charge is -2.18. The summed E-state index contributed by atoms with van der Waals surface area (Å²) in [6.45, 7) is 3.22. The van der Waals surface area contributed by atoms with E-state index >= 15 is 0 Å². The van der Waals surface area contributed by atoms with Crippen molar-refractivity contribution in [2.75, 3.05) is 24.3 Å². The molecule has 5 nitrogen and oxygen atoms in total. The van der Waals surface area contributed by atoms with E-state index in [9.17, 15) is 0 Å². The zero-order valence-corrected chi connectivity index (χ0v) is 11.2. The van der Waals surface area contributed by atoms with Crippen molar-refractivity contribution >= 4 is 11.5 Å². The summed E-state index contributed by atoms with van der Waals surface area (Å²) in [6, 6.07) is 7.81. The molecule has 1 aromatic carbocycles. The number of ether oxygens (including phenoxy) is 1. The van der Waals surface area contributed by atoms with Crippen LogP contribution in [0.15, 0.2) is 36.7 Å². The van der Waals surface area contributed by atoms with Crippen LogP contribution < -0.4 is 15.4 Å². The van der Waals surface area contributed by atoms with Crippen LogP contribution in [0.1, 0.15) is 12.5 Å². The van der Waals surface area contributed by atoms with Crippen molar-refractivity contribution in [1.82, 2.24) is 9.97 Å². The van der Waals surface area contributed by atoms with E-state index in [1.807, 2.05) is 43.1 Å². The lowest BCUT2D eigenvalue weighted by atomic mass is 10.2. The van der Waals surface area contributed by atoms with E-state index in [-0.39, 0.29) is 0 Å². The summed E-state index contributed by atoms with van der Waals surface area (Å²) in [6.07, 6.45) is 3.33. The maximum atomic E-state index is 5.77. The third-order valence-electron chi connectivity index (χ3n) is 2.65. The summed E-state index contributed by atoms with van der Waals surface area (Å²) >= 11 is 0. The summed E-state index contributed by atoms with van der Waals surface area (Å²) in [4.78, 5) is 10.5. The first-order valence-corrected chi connectivity index (χ1v) is 6.19. The maximum absolute atomic E-state index is 5.77. The van der Waals surface area contributed by atoms with Gasteiger partial charge in [0.1, 0.15) is 0 Å². The second-order valence-electron chi connectivity index (χ2n) is 4.25. The quantitative estimate of drug-likeness (QED) is 0.832. The van der Waals surface area contributed by atoms with E-state index < -0.39 is 0 Å². The molecule has 0 amide bonds. The smallest absolute Gasteiger partial charge is 0.234 e. The molecule has 0 unspecified atom stereocenters. The van der Waals surface area contributed by atoms with Crippen LogP contribution in [-0.4, -0.2) is 23.6 Å². The molecule has 5 heteroatoms. The van der Waals surface area contributed by atoms with Crippen LogP contribution in [0.4, 0.5) is 11.5 Å². The van der Waals surface area contributed by atoms with Gasteiger partial charge in [0.15, 0.2) is 5.82 Å². The van der Waals surface area contributed by atoms with Crippen LogP contribution in [-0.2, 0) is 6.54 Å². The SMILES string of the molecule is CCOc1cncc(N(C)Cc2cccc(N)c2)n1. The molecule has 0 saturated heterocycles. The zero-order chi connectivity index (χ0) is 13.7.